The van der Waals surface area contributed by atoms with E-state index in [0.29, 0.717) is 10.6 Å². The van der Waals surface area contributed by atoms with Crippen molar-refractivity contribution in [2.45, 2.75) is 11.3 Å². The molecule has 2 aromatic rings. The van der Waals surface area contributed by atoms with Crippen molar-refractivity contribution < 1.29 is 14.4 Å². The van der Waals surface area contributed by atoms with Crippen LogP contribution in [0.25, 0.3) is 0 Å². The van der Waals surface area contributed by atoms with Crippen LogP contribution in [0, 0.1) is 5.92 Å². The first kappa shape index (κ1) is 19.3. The maximum absolute atomic E-state index is 12.3. The highest BCUT2D eigenvalue weighted by molar-refractivity contribution is 7.98. The summed E-state index contributed by atoms with van der Waals surface area (Å²) < 4.78 is 0. The molecular weight excluding hydrogens is 386 g/mol. The summed E-state index contributed by atoms with van der Waals surface area (Å²) in [5.74, 6) is -1.48. The van der Waals surface area contributed by atoms with Crippen LogP contribution < -0.4 is 15.8 Å². The molecule has 0 aromatic heterocycles. The maximum atomic E-state index is 12.3. The number of rotatable bonds is 4. The number of amides is 3. The van der Waals surface area contributed by atoms with Crippen LogP contribution >= 0.6 is 23.4 Å². The molecule has 3 amide bonds. The van der Waals surface area contributed by atoms with Gasteiger partial charge < -0.3 is 4.90 Å². The number of hydrogen-bond donors (Lipinski definition) is 2. The Labute approximate surface area is 166 Å². The second-order valence-corrected chi connectivity index (χ2v) is 7.37. The third kappa shape index (κ3) is 4.61. The molecule has 0 aliphatic carbocycles. The van der Waals surface area contributed by atoms with Gasteiger partial charge >= 0.3 is 0 Å². The molecule has 0 spiro atoms. The van der Waals surface area contributed by atoms with Gasteiger partial charge in [-0.3, -0.25) is 25.2 Å². The van der Waals surface area contributed by atoms with Crippen molar-refractivity contribution >= 4 is 46.8 Å². The molecule has 0 saturated carbocycles. The van der Waals surface area contributed by atoms with E-state index >= 15 is 0 Å². The topological polar surface area (TPSA) is 78.5 Å². The molecule has 1 aliphatic rings. The molecular formula is C19H18ClN3O3S. The molecule has 2 aromatic carbocycles. The van der Waals surface area contributed by atoms with Crippen LogP contribution in [0.4, 0.5) is 5.69 Å². The highest BCUT2D eigenvalue weighted by Crippen LogP contribution is 2.27. The summed E-state index contributed by atoms with van der Waals surface area (Å²) in [6.45, 7) is 0.278. The normalized spacial score (nSPS) is 16.3. The van der Waals surface area contributed by atoms with Crippen LogP contribution in [0.5, 0.6) is 0 Å². The Hall–Kier alpha value is -2.51. The Kier molecular flexibility index (Phi) is 6.03. The van der Waals surface area contributed by atoms with Crippen molar-refractivity contribution in [2.24, 2.45) is 5.92 Å². The minimum atomic E-state index is -0.525. The molecule has 1 aliphatic heterocycles. The minimum absolute atomic E-state index is 0.104. The van der Waals surface area contributed by atoms with Gasteiger partial charge in [-0.15, -0.1) is 11.8 Å². The summed E-state index contributed by atoms with van der Waals surface area (Å²) >= 11 is 7.40. The van der Waals surface area contributed by atoms with Crippen molar-refractivity contribution in [3.05, 3.63) is 59.1 Å². The first-order chi connectivity index (χ1) is 13.0. The Morgan fingerprint density at radius 3 is 2.37 bits per heavy atom. The lowest BCUT2D eigenvalue weighted by atomic mass is 10.1. The van der Waals surface area contributed by atoms with Gasteiger partial charge in [0.2, 0.25) is 11.8 Å². The average Bonchev–Trinajstić information content (AvgIpc) is 3.08. The number of hydrazine groups is 1. The fraction of sp³-hybridized carbons (Fsp3) is 0.211. The highest BCUT2D eigenvalue weighted by atomic mass is 35.5. The number of anilines is 1. The van der Waals surface area contributed by atoms with Gasteiger partial charge in [-0.2, -0.15) is 0 Å². The van der Waals surface area contributed by atoms with E-state index in [1.54, 1.807) is 40.9 Å². The summed E-state index contributed by atoms with van der Waals surface area (Å²) in [6.07, 6.45) is 2.08. The lowest BCUT2D eigenvalue weighted by Gasteiger charge is -2.17. The summed E-state index contributed by atoms with van der Waals surface area (Å²) in [7, 11) is 0. The predicted octanol–water partition coefficient (Wildman–Crippen LogP) is 2.88. The van der Waals surface area contributed by atoms with E-state index < -0.39 is 17.7 Å². The number of benzene rings is 2. The van der Waals surface area contributed by atoms with E-state index in [-0.39, 0.29) is 18.9 Å². The molecule has 2 N–H and O–H groups in total. The molecule has 0 bridgehead atoms. The fourth-order valence-electron chi connectivity index (χ4n) is 2.79. The quantitative estimate of drug-likeness (QED) is 0.607. The first-order valence-electron chi connectivity index (χ1n) is 8.28. The van der Waals surface area contributed by atoms with E-state index in [0.717, 1.165) is 10.6 Å². The first-order valence-corrected chi connectivity index (χ1v) is 9.88. The maximum Gasteiger partial charge on any atom is 0.269 e. The third-order valence-corrected chi connectivity index (χ3v) is 5.28. The molecule has 1 saturated heterocycles. The molecule has 1 atom stereocenters. The molecule has 140 valence electrons. The standard InChI is InChI=1S/C19H18ClN3O3S/c1-27-16-8-6-15(7-9-16)23-11-13(10-17(23)24)19(26)22-21-18(25)12-2-4-14(20)5-3-12/h2-9,13H,10-11H2,1H3,(H,21,25)(H,22,26). The summed E-state index contributed by atoms with van der Waals surface area (Å²) in [4.78, 5) is 39.3. The fourth-order valence-corrected chi connectivity index (χ4v) is 3.32. The van der Waals surface area contributed by atoms with Crippen molar-refractivity contribution in [2.75, 3.05) is 17.7 Å². The Morgan fingerprint density at radius 2 is 1.74 bits per heavy atom. The van der Waals surface area contributed by atoms with Crippen LogP contribution in [0.1, 0.15) is 16.8 Å². The second kappa shape index (κ2) is 8.45. The Bertz CT molecular complexity index is 856. The largest absolute Gasteiger partial charge is 0.312 e. The van der Waals surface area contributed by atoms with E-state index in [1.165, 1.54) is 0 Å². The summed E-state index contributed by atoms with van der Waals surface area (Å²) in [6, 6.07) is 13.9. The molecule has 8 heteroatoms. The number of nitrogens with zero attached hydrogens (tertiary/aromatic N) is 1. The smallest absolute Gasteiger partial charge is 0.269 e. The molecule has 1 unspecified atom stereocenters. The lowest BCUT2D eigenvalue weighted by Crippen LogP contribution is -2.45. The van der Waals surface area contributed by atoms with Crippen molar-refractivity contribution in [3.63, 3.8) is 0 Å². The van der Waals surface area contributed by atoms with Gasteiger partial charge in [-0.25, -0.2) is 0 Å². The van der Waals surface area contributed by atoms with E-state index in [4.69, 9.17) is 11.6 Å². The average molecular weight is 404 g/mol. The number of thioether (sulfide) groups is 1. The van der Waals surface area contributed by atoms with Gasteiger partial charge in [0.15, 0.2) is 0 Å². The highest BCUT2D eigenvalue weighted by Gasteiger charge is 2.35. The van der Waals surface area contributed by atoms with Gasteiger partial charge in [-0.05, 0) is 54.8 Å². The monoisotopic (exact) mass is 403 g/mol. The van der Waals surface area contributed by atoms with Crippen molar-refractivity contribution in [1.29, 1.82) is 0 Å². The zero-order valence-electron chi connectivity index (χ0n) is 14.6. The zero-order chi connectivity index (χ0) is 19.4. The molecule has 27 heavy (non-hydrogen) atoms. The van der Waals surface area contributed by atoms with Gasteiger partial charge in [0.05, 0.1) is 5.92 Å². The van der Waals surface area contributed by atoms with E-state index in [9.17, 15) is 14.4 Å². The number of hydrogen-bond acceptors (Lipinski definition) is 4. The van der Waals surface area contributed by atoms with Crippen LogP contribution in [-0.4, -0.2) is 30.5 Å². The summed E-state index contributed by atoms with van der Waals surface area (Å²) in [5, 5.41) is 0.519. The Balaban J connectivity index is 1.56. The number of halogens is 1. The van der Waals surface area contributed by atoms with Gasteiger partial charge in [0, 0.05) is 34.1 Å². The van der Waals surface area contributed by atoms with Gasteiger partial charge in [-0.1, -0.05) is 11.6 Å². The zero-order valence-corrected chi connectivity index (χ0v) is 16.1. The SMILES string of the molecule is CSc1ccc(N2CC(C(=O)NNC(=O)c3ccc(Cl)cc3)CC2=O)cc1. The molecule has 6 nitrogen and oxygen atoms in total. The number of carbonyl (C=O) groups excluding carboxylic acids is 3. The van der Waals surface area contributed by atoms with E-state index in [1.807, 2.05) is 30.5 Å². The molecule has 3 rings (SSSR count). The molecule has 1 fully saturated rings. The molecule has 1 heterocycles. The van der Waals surface area contributed by atoms with Crippen molar-refractivity contribution in [1.82, 2.24) is 10.9 Å². The third-order valence-electron chi connectivity index (χ3n) is 4.29. The molecule has 0 radical (unpaired) electrons. The minimum Gasteiger partial charge on any atom is -0.312 e. The van der Waals surface area contributed by atoms with Crippen LogP contribution in [0.15, 0.2) is 53.4 Å². The summed E-state index contributed by atoms with van der Waals surface area (Å²) in [5.41, 5.74) is 5.90. The second-order valence-electron chi connectivity index (χ2n) is 6.05. The van der Waals surface area contributed by atoms with E-state index in [2.05, 4.69) is 10.9 Å². The Morgan fingerprint density at radius 1 is 1.07 bits per heavy atom. The lowest BCUT2D eigenvalue weighted by molar-refractivity contribution is -0.126. The van der Waals surface area contributed by atoms with Gasteiger partial charge in [0.25, 0.3) is 5.91 Å². The van der Waals surface area contributed by atoms with Crippen LogP contribution in [0.2, 0.25) is 5.02 Å². The van der Waals surface area contributed by atoms with Crippen molar-refractivity contribution in [3.8, 4) is 0 Å². The van der Waals surface area contributed by atoms with Crippen LogP contribution in [-0.2, 0) is 9.59 Å². The predicted molar refractivity (Wildman–Crippen MR) is 106 cm³/mol. The van der Waals surface area contributed by atoms with Crippen LogP contribution in [0.3, 0.4) is 0 Å². The van der Waals surface area contributed by atoms with Gasteiger partial charge in [0.1, 0.15) is 0 Å². The number of nitrogens with one attached hydrogen (secondary N) is 2. The number of carbonyl (C=O) groups is 3.